The predicted octanol–water partition coefficient (Wildman–Crippen LogP) is 16.6. The average Bonchev–Trinajstić information content (AvgIpc) is 4.04. The summed E-state index contributed by atoms with van der Waals surface area (Å²) in [6, 6.07) is 17.7. The zero-order valence-corrected chi connectivity index (χ0v) is 37.8. The first kappa shape index (κ1) is 49.0. The lowest BCUT2D eigenvalue weighted by molar-refractivity contribution is -0.189. The minimum absolute atomic E-state index is 0.0100. The van der Waals surface area contributed by atoms with Crippen molar-refractivity contribution < 1.29 is 62.5 Å². The number of halogens is 12. The molecule has 4 fully saturated rings. The zero-order valence-electron chi connectivity index (χ0n) is 36.2. The molecule has 0 spiro atoms. The van der Waals surface area contributed by atoms with E-state index in [1.165, 1.54) is 51.4 Å². The summed E-state index contributed by atoms with van der Waals surface area (Å²) in [6.07, 6.45) is 9.83. The summed E-state index contributed by atoms with van der Waals surface area (Å²) >= 11 is 2.02. The van der Waals surface area contributed by atoms with Crippen molar-refractivity contribution in [2.45, 2.75) is 100 Å². The fraction of sp³-hybridized carbons (Fsp3) is 0.423. The Morgan fingerprint density at radius 1 is 0.433 bits per heavy atom. The van der Waals surface area contributed by atoms with Crippen molar-refractivity contribution in [1.29, 1.82) is 0 Å². The van der Waals surface area contributed by atoms with Crippen molar-refractivity contribution in [2.75, 3.05) is 13.2 Å². The Balaban J connectivity index is 0.000000188. The predicted molar refractivity (Wildman–Crippen MR) is 234 cm³/mol. The number of ether oxygens (including phenoxy) is 3. The van der Waals surface area contributed by atoms with Gasteiger partial charge in [-0.2, -0.15) is 17.6 Å². The van der Waals surface area contributed by atoms with Crippen molar-refractivity contribution in [3.8, 4) is 28.0 Å². The molecule has 67 heavy (non-hydrogen) atoms. The number of hydrogen-bond acceptors (Lipinski definition) is 3. The van der Waals surface area contributed by atoms with Gasteiger partial charge in [0.05, 0.1) is 25.4 Å². The molecule has 2 aliphatic heterocycles. The van der Waals surface area contributed by atoms with Crippen LogP contribution in [0.2, 0.25) is 0 Å². The van der Waals surface area contributed by atoms with Crippen LogP contribution in [0.25, 0.3) is 22.3 Å². The topological polar surface area (TPSA) is 27.7 Å². The molecule has 2 saturated carbocycles. The first-order chi connectivity index (χ1) is 31.9. The van der Waals surface area contributed by atoms with E-state index in [0.717, 1.165) is 79.5 Å². The quantitative estimate of drug-likeness (QED) is 0.0793. The molecular formula is C52H48BrF11O3. The van der Waals surface area contributed by atoms with Gasteiger partial charge < -0.3 is 14.2 Å². The van der Waals surface area contributed by atoms with Crippen LogP contribution in [0.3, 0.4) is 0 Å². The Kier molecular flexibility index (Phi) is 15.1. The Morgan fingerprint density at radius 3 is 1.15 bits per heavy atom. The van der Waals surface area contributed by atoms with Gasteiger partial charge in [-0.3, -0.25) is 0 Å². The van der Waals surface area contributed by atoms with E-state index in [0.29, 0.717) is 29.6 Å². The second-order valence-electron chi connectivity index (χ2n) is 18.1. The van der Waals surface area contributed by atoms with Crippen LogP contribution in [0.4, 0.5) is 48.3 Å². The summed E-state index contributed by atoms with van der Waals surface area (Å²) in [7, 11) is 0. The molecule has 0 bridgehead atoms. The molecule has 0 amide bonds. The maximum absolute atomic E-state index is 14.7. The van der Waals surface area contributed by atoms with Gasteiger partial charge >= 0.3 is 10.9 Å². The third kappa shape index (κ3) is 11.4. The smallest absolute Gasteiger partial charge is 0.429 e. The number of alkyl halides is 5. The van der Waals surface area contributed by atoms with Crippen LogP contribution >= 0.6 is 15.9 Å². The minimum Gasteiger partial charge on any atom is -0.429 e. The number of rotatable bonds is 10. The SMILES string of the molecule is Fc1cc(-c2ccc(C3CCC(C4CCCC4)CO3)cc2)cc(F)c1C(F)(F)Br.Fc1cc(OC(F)(F)c2c(F)cc(-c3ccc(C4CCC(C5CCCC5)CO4)cc3)cc2F)cc(F)c1F. The van der Waals surface area contributed by atoms with Crippen molar-refractivity contribution >= 4 is 15.9 Å². The molecule has 2 aliphatic carbocycles. The molecular weight excluding hydrogens is 961 g/mol. The standard InChI is InChI=1S/C29H25F7O2.C23H23BrF4O/c30-22-11-20(12-23(31)27(22)29(35,36)38-21-13-24(32)28(34)25(33)14-21)17-5-7-18(8-6-17)26-10-9-19(15-37-26)16-3-1-2-4-16;24-23(27,28)22-19(25)11-18(12-20(22)26)15-5-7-16(8-6-15)21-10-9-17(13-29-21)14-3-1-2-4-14/h5-8,11-14,16,19,26H,1-4,9-10,15H2;5-8,11-12,14,17,21H,1-4,9-10,13H2. The lowest BCUT2D eigenvalue weighted by atomic mass is 9.84. The lowest BCUT2D eigenvalue weighted by Crippen LogP contribution is -2.25. The van der Waals surface area contributed by atoms with E-state index >= 15 is 0 Å². The van der Waals surface area contributed by atoms with Crippen LogP contribution in [0, 0.1) is 64.4 Å². The van der Waals surface area contributed by atoms with E-state index in [4.69, 9.17) is 9.47 Å². The molecule has 4 aliphatic rings. The van der Waals surface area contributed by atoms with Gasteiger partial charge in [-0.15, -0.1) is 0 Å². The fourth-order valence-corrected chi connectivity index (χ4v) is 10.6. The molecule has 3 nitrogen and oxygen atoms in total. The van der Waals surface area contributed by atoms with Gasteiger partial charge in [0.2, 0.25) is 0 Å². The van der Waals surface area contributed by atoms with Crippen LogP contribution in [-0.4, -0.2) is 13.2 Å². The second kappa shape index (κ2) is 20.6. The fourth-order valence-electron chi connectivity index (χ4n) is 10.3. The van der Waals surface area contributed by atoms with E-state index < -0.39 is 68.5 Å². The van der Waals surface area contributed by atoms with E-state index in [2.05, 4.69) is 4.74 Å². The second-order valence-corrected chi connectivity index (χ2v) is 19.1. The van der Waals surface area contributed by atoms with Gasteiger partial charge in [0.15, 0.2) is 17.5 Å². The summed E-state index contributed by atoms with van der Waals surface area (Å²) < 4.78 is 170. The van der Waals surface area contributed by atoms with Crippen LogP contribution in [0.15, 0.2) is 84.9 Å². The molecule has 0 aromatic heterocycles. The molecule has 2 heterocycles. The summed E-state index contributed by atoms with van der Waals surface area (Å²) in [5.41, 5.74) is 0.132. The van der Waals surface area contributed by atoms with Gasteiger partial charge in [-0.1, -0.05) is 99.9 Å². The normalized spacial score (nSPS) is 21.9. The van der Waals surface area contributed by atoms with Crippen molar-refractivity contribution in [1.82, 2.24) is 0 Å². The first-order valence-electron chi connectivity index (χ1n) is 22.7. The average molecular weight is 1010 g/mol. The molecule has 5 aromatic rings. The van der Waals surface area contributed by atoms with Crippen LogP contribution in [0.1, 0.15) is 112 Å². The highest BCUT2D eigenvalue weighted by atomic mass is 79.9. The van der Waals surface area contributed by atoms with E-state index in [9.17, 15) is 48.3 Å². The maximum Gasteiger partial charge on any atom is 0.432 e. The van der Waals surface area contributed by atoms with Gasteiger partial charge in [-0.25, -0.2) is 30.7 Å². The largest absolute Gasteiger partial charge is 0.432 e. The van der Waals surface area contributed by atoms with E-state index in [-0.39, 0.29) is 35.5 Å². The highest BCUT2D eigenvalue weighted by Crippen LogP contribution is 2.44. The third-order valence-electron chi connectivity index (χ3n) is 13.8. The molecule has 0 N–H and O–H groups in total. The zero-order chi connectivity index (χ0) is 47.6. The highest BCUT2D eigenvalue weighted by Gasteiger charge is 2.42. The molecule has 15 heteroatoms. The molecule has 4 unspecified atom stereocenters. The maximum atomic E-state index is 14.7. The molecule has 2 saturated heterocycles. The van der Waals surface area contributed by atoms with Gasteiger partial charge in [0.1, 0.15) is 40.1 Å². The highest BCUT2D eigenvalue weighted by molar-refractivity contribution is 9.09. The van der Waals surface area contributed by atoms with Crippen molar-refractivity contribution in [3.63, 3.8) is 0 Å². The first-order valence-corrected chi connectivity index (χ1v) is 23.5. The monoisotopic (exact) mass is 1010 g/mol. The molecule has 358 valence electrons. The van der Waals surface area contributed by atoms with E-state index in [1.54, 1.807) is 36.4 Å². The van der Waals surface area contributed by atoms with Gasteiger partial charge in [-0.05, 0) is 123 Å². The Bertz CT molecular complexity index is 2420. The third-order valence-corrected chi connectivity index (χ3v) is 14.2. The van der Waals surface area contributed by atoms with Crippen LogP contribution in [0.5, 0.6) is 5.75 Å². The molecule has 5 aromatic carbocycles. The summed E-state index contributed by atoms with van der Waals surface area (Å²) in [5.74, 6) is -9.62. The molecule has 9 rings (SSSR count). The Hall–Kier alpha value is -4.47. The van der Waals surface area contributed by atoms with Crippen LogP contribution in [-0.2, 0) is 20.4 Å². The lowest BCUT2D eigenvalue weighted by Gasteiger charge is -2.32. The van der Waals surface area contributed by atoms with Crippen molar-refractivity contribution in [3.05, 3.63) is 148 Å². The Labute approximate surface area is 390 Å². The Morgan fingerprint density at radius 2 is 0.806 bits per heavy atom. The number of hydrogen-bond donors (Lipinski definition) is 0. The van der Waals surface area contributed by atoms with E-state index in [1.807, 2.05) is 28.1 Å². The molecule has 4 atom stereocenters. The minimum atomic E-state index is -4.64. The summed E-state index contributed by atoms with van der Waals surface area (Å²) in [5, 5.41) is 0. The summed E-state index contributed by atoms with van der Waals surface area (Å²) in [4.78, 5) is -3.75. The summed E-state index contributed by atoms with van der Waals surface area (Å²) in [6.45, 7) is 1.50. The van der Waals surface area contributed by atoms with Crippen molar-refractivity contribution in [2.24, 2.45) is 23.7 Å². The van der Waals surface area contributed by atoms with Crippen LogP contribution < -0.4 is 4.74 Å². The van der Waals surface area contributed by atoms with Gasteiger partial charge in [0.25, 0.3) is 0 Å². The molecule has 0 radical (unpaired) electrons. The van der Waals surface area contributed by atoms with Gasteiger partial charge in [0, 0.05) is 12.1 Å². The number of benzene rings is 5.